The van der Waals surface area contributed by atoms with Gasteiger partial charge in [-0.1, -0.05) is 12.8 Å². The SMILES string of the molecule is COC(=O)c1ccc(NCCCCCCC(=O)O)nn1. The van der Waals surface area contributed by atoms with E-state index >= 15 is 0 Å². The molecule has 0 fully saturated rings. The maximum atomic E-state index is 11.1. The van der Waals surface area contributed by atoms with Gasteiger partial charge in [0.2, 0.25) is 0 Å². The van der Waals surface area contributed by atoms with Crippen LogP contribution in [0.1, 0.15) is 42.6 Å². The van der Waals surface area contributed by atoms with Crippen LogP contribution in [-0.2, 0) is 9.53 Å². The summed E-state index contributed by atoms with van der Waals surface area (Å²) in [4.78, 5) is 21.5. The summed E-state index contributed by atoms with van der Waals surface area (Å²) in [5, 5.41) is 19.2. The Balaban J connectivity index is 2.16. The number of carbonyl (C=O) groups is 2. The summed E-state index contributed by atoms with van der Waals surface area (Å²) in [7, 11) is 1.29. The molecule has 1 aromatic rings. The molecule has 0 bridgehead atoms. The fourth-order valence-corrected chi connectivity index (χ4v) is 1.61. The van der Waals surface area contributed by atoms with E-state index in [1.807, 2.05) is 0 Å². The van der Waals surface area contributed by atoms with Gasteiger partial charge < -0.3 is 15.2 Å². The van der Waals surface area contributed by atoms with Gasteiger partial charge in [-0.25, -0.2) is 4.79 Å². The molecule has 2 N–H and O–H groups in total. The number of carbonyl (C=O) groups excluding carboxylic acids is 1. The number of nitrogens with one attached hydrogen (secondary N) is 1. The Morgan fingerprint density at radius 2 is 1.95 bits per heavy atom. The molecule has 0 aliphatic carbocycles. The van der Waals surface area contributed by atoms with E-state index in [0.717, 1.165) is 25.8 Å². The lowest BCUT2D eigenvalue weighted by Crippen LogP contribution is -2.08. The third-order valence-corrected chi connectivity index (χ3v) is 2.68. The van der Waals surface area contributed by atoms with Crippen LogP contribution in [0.5, 0.6) is 0 Å². The Morgan fingerprint density at radius 3 is 2.55 bits per heavy atom. The number of hydrogen-bond acceptors (Lipinski definition) is 6. The van der Waals surface area contributed by atoms with E-state index in [1.165, 1.54) is 7.11 Å². The zero-order valence-electron chi connectivity index (χ0n) is 11.5. The third-order valence-electron chi connectivity index (χ3n) is 2.68. The van der Waals surface area contributed by atoms with Crippen LogP contribution in [0.15, 0.2) is 12.1 Å². The second-order valence-corrected chi connectivity index (χ2v) is 4.28. The zero-order chi connectivity index (χ0) is 14.8. The van der Waals surface area contributed by atoms with Gasteiger partial charge >= 0.3 is 11.9 Å². The van der Waals surface area contributed by atoms with Gasteiger partial charge in [0.1, 0.15) is 5.82 Å². The Bertz CT molecular complexity index is 434. The topological polar surface area (TPSA) is 101 Å². The first kappa shape index (κ1) is 15.9. The molecule has 0 amide bonds. The van der Waals surface area contributed by atoms with Crippen molar-refractivity contribution in [3.05, 3.63) is 17.8 Å². The van der Waals surface area contributed by atoms with Crippen LogP contribution >= 0.6 is 0 Å². The number of nitrogens with zero attached hydrogens (tertiary/aromatic N) is 2. The molecule has 1 aromatic heterocycles. The minimum atomic E-state index is -0.746. The van der Waals surface area contributed by atoms with Crippen molar-refractivity contribution in [3.63, 3.8) is 0 Å². The van der Waals surface area contributed by atoms with Gasteiger partial charge in [0.05, 0.1) is 7.11 Å². The number of carboxylic acid groups (broad SMARTS) is 1. The number of unbranched alkanes of at least 4 members (excludes halogenated alkanes) is 3. The fraction of sp³-hybridized carbons (Fsp3) is 0.538. The Kier molecular flexibility index (Phi) is 7.02. The highest BCUT2D eigenvalue weighted by Crippen LogP contribution is 2.06. The van der Waals surface area contributed by atoms with E-state index in [1.54, 1.807) is 12.1 Å². The molecule has 0 saturated carbocycles. The smallest absolute Gasteiger partial charge is 0.358 e. The van der Waals surface area contributed by atoms with Crippen molar-refractivity contribution in [1.82, 2.24) is 10.2 Å². The van der Waals surface area contributed by atoms with Crippen LogP contribution in [0.2, 0.25) is 0 Å². The van der Waals surface area contributed by atoms with E-state index in [-0.39, 0.29) is 12.1 Å². The molecule has 0 aliphatic heterocycles. The quantitative estimate of drug-likeness (QED) is 0.524. The van der Waals surface area contributed by atoms with E-state index in [2.05, 4.69) is 20.3 Å². The van der Waals surface area contributed by atoms with Crippen molar-refractivity contribution >= 4 is 17.8 Å². The van der Waals surface area contributed by atoms with Gasteiger partial charge in [-0.15, -0.1) is 10.2 Å². The fourth-order valence-electron chi connectivity index (χ4n) is 1.61. The van der Waals surface area contributed by atoms with Crippen molar-refractivity contribution < 1.29 is 19.4 Å². The highest BCUT2D eigenvalue weighted by Gasteiger charge is 2.07. The largest absolute Gasteiger partial charge is 0.481 e. The normalized spacial score (nSPS) is 10.1. The molecule has 0 atom stereocenters. The van der Waals surface area contributed by atoms with Gasteiger partial charge in [-0.2, -0.15) is 0 Å². The second kappa shape index (κ2) is 8.84. The summed E-state index contributed by atoms with van der Waals surface area (Å²) in [6, 6.07) is 3.22. The molecule has 0 saturated heterocycles. The summed E-state index contributed by atoms with van der Waals surface area (Å²) in [5.74, 6) is -0.658. The number of aliphatic carboxylic acids is 1. The Hall–Kier alpha value is -2.18. The first-order chi connectivity index (χ1) is 9.63. The van der Waals surface area contributed by atoms with Gasteiger partial charge in [0.25, 0.3) is 0 Å². The molecule has 0 unspecified atom stereocenters. The average molecular weight is 281 g/mol. The van der Waals surface area contributed by atoms with Crippen molar-refractivity contribution in [2.75, 3.05) is 19.0 Å². The van der Waals surface area contributed by atoms with Crippen LogP contribution < -0.4 is 5.32 Å². The van der Waals surface area contributed by atoms with Crippen molar-refractivity contribution in [2.24, 2.45) is 0 Å². The molecule has 7 heteroatoms. The lowest BCUT2D eigenvalue weighted by molar-refractivity contribution is -0.137. The van der Waals surface area contributed by atoms with E-state index in [9.17, 15) is 9.59 Å². The summed E-state index contributed by atoms with van der Waals surface area (Å²) in [6.07, 6.45) is 3.74. The Morgan fingerprint density at radius 1 is 1.20 bits per heavy atom. The number of ether oxygens (including phenoxy) is 1. The molecular formula is C13H19N3O4. The highest BCUT2D eigenvalue weighted by molar-refractivity contribution is 5.86. The molecular weight excluding hydrogens is 262 g/mol. The molecule has 110 valence electrons. The number of aromatic nitrogens is 2. The number of esters is 1. The van der Waals surface area contributed by atoms with Gasteiger partial charge in [0.15, 0.2) is 5.69 Å². The van der Waals surface area contributed by atoms with Crippen LogP contribution in [0.25, 0.3) is 0 Å². The van der Waals surface area contributed by atoms with Crippen molar-refractivity contribution in [2.45, 2.75) is 32.1 Å². The minimum Gasteiger partial charge on any atom is -0.481 e. The monoisotopic (exact) mass is 281 g/mol. The number of methoxy groups -OCH3 is 1. The average Bonchev–Trinajstić information content (AvgIpc) is 2.45. The first-order valence-electron chi connectivity index (χ1n) is 6.51. The number of anilines is 1. The van der Waals surface area contributed by atoms with E-state index in [4.69, 9.17) is 5.11 Å². The summed E-state index contributed by atoms with van der Waals surface area (Å²) in [6.45, 7) is 0.735. The standard InChI is InChI=1S/C13H19N3O4/c1-20-13(19)10-7-8-11(16-15-10)14-9-5-3-2-4-6-12(17)18/h7-8H,2-6,9H2,1H3,(H,14,16)(H,17,18). The van der Waals surface area contributed by atoms with Crippen molar-refractivity contribution in [3.8, 4) is 0 Å². The number of hydrogen-bond donors (Lipinski definition) is 2. The molecule has 0 aliphatic rings. The predicted octanol–water partition coefficient (Wildman–Crippen LogP) is 1.71. The van der Waals surface area contributed by atoms with Crippen LogP contribution in [0, 0.1) is 0 Å². The molecule has 0 aromatic carbocycles. The zero-order valence-corrected chi connectivity index (χ0v) is 11.5. The van der Waals surface area contributed by atoms with Crippen LogP contribution in [-0.4, -0.2) is 40.9 Å². The maximum absolute atomic E-state index is 11.1. The molecule has 20 heavy (non-hydrogen) atoms. The molecule has 0 radical (unpaired) electrons. The summed E-state index contributed by atoms with van der Waals surface area (Å²) < 4.78 is 4.53. The molecule has 1 heterocycles. The first-order valence-corrected chi connectivity index (χ1v) is 6.51. The predicted molar refractivity (Wildman–Crippen MR) is 72.6 cm³/mol. The number of carboxylic acids is 1. The van der Waals surface area contributed by atoms with Crippen LogP contribution in [0.3, 0.4) is 0 Å². The van der Waals surface area contributed by atoms with Gasteiger partial charge in [-0.05, 0) is 25.0 Å². The molecule has 1 rings (SSSR count). The summed E-state index contributed by atoms with van der Waals surface area (Å²) >= 11 is 0. The lowest BCUT2D eigenvalue weighted by Gasteiger charge is -2.05. The lowest BCUT2D eigenvalue weighted by atomic mass is 10.1. The maximum Gasteiger partial charge on any atom is 0.358 e. The summed E-state index contributed by atoms with van der Waals surface area (Å²) in [5.41, 5.74) is 0.173. The van der Waals surface area contributed by atoms with E-state index < -0.39 is 11.9 Å². The number of rotatable bonds is 9. The van der Waals surface area contributed by atoms with E-state index in [0.29, 0.717) is 12.2 Å². The minimum absolute atomic E-state index is 0.173. The third kappa shape index (κ3) is 6.12. The highest BCUT2D eigenvalue weighted by atomic mass is 16.5. The van der Waals surface area contributed by atoms with Gasteiger partial charge in [-0.3, -0.25) is 4.79 Å². The van der Waals surface area contributed by atoms with Gasteiger partial charge in [0, 0.05) is 13.0 Å². The van der Waals surface area contributed by atoms with Crippen molar-refractivity contribution in [1.29, 1.82) is 0 Å². The van der Waals surface area contributed by atoms with Crippen LogP contribution in [0.4, 0.5) is 5.82 Å². The molecule has 0 spiro atoms. The molecule has 7 nitrogen and oxygen atoms in total. The Labute approximate surface area is 117 Å². The second-order valence-electron chi connectivity index (χ2n) is 4.28.